The van der Waals surface area contributed by atoms with E-state index in [9.17, 15) is 0 Å². The molecular weight excluding hydrogens is 332 g/mol. The summed E-state index contributed by atoms with van der Waals surface area (Å²) in [6.07, 6.45) is 0. The Morgan fingerprint density at radius 1 is 1.00 bits per heavy atom. The molecule has 6 nitrogen and oxygen atoms in total. The van der Waals surface area contributed by atoms with E-state index in [0.29, 0.717) is 28.6 Å². The number of hydrogen-bond donors (Lipinski definition) is 0. The molecule has 0 N–H and O–H groups in total. The second kappa shape index (κ2) is 6.35. The monoisotopic (exact) mass is 342 g/mol. The molecule has 0 aliphatic carbocycles. The smallest absolute Gasteiger partial charge is 0.277 e. The van der Waals surface area contributed by atoms with Crippen LogP contribution >= 0.6 is 23.1 Å². The molecule has 23 heavy (non-hydrogen) atoms. The van der Waals surface area contributed by atoms with Crippen LogP contribution in [0.15, 0.2) is 62.0 Å². The van der Waals surface area contributed by atoms with E-state index in [1.54, 1.807) is 11.3 Å². The first-order chi connectivity index (χ1) is 11.4. The third kappa shape index (κ3) is 3.17. The van der Waals surface area contributed by atoms with E-state index in [2.05, 4.69) is 20.3 Å². The number of rotatable bonds is 5. The van der Waals surface area contributed by atoms with Gasteiger partial charge in [-0.15, -0.1) is 21.5 Å². The Hall–Kier alpha value is -2.45. The van der Waals surface area contributed by atoms with Crippen LogP contribution < -0.4 is 0 Å². The van der Waals surface area contributed by atoms with Crippen molar-refractivity contribution in [3.8, 4) is 22.2 Å². The number of thioether (sulfide) groups is 1. The third-order valence-corrected chi connectivity index (χ3v) is 4.62. The van der Waals surface area contributed by atoms with Crippen molar-refractivity contribution in [3.05, 3.63) is 53.7 Å². The summed E-state index contributed by atoms with van der Waals surface area (Å²) in [5, 5.41) is 14.5. The minimum absolute atomic E-state index is 0.478. The molecule has 3 heterocycles. The molecule has 0 fully saturated rings. The lowest BCUT2D eigenvalue weighted by atomic mass is 10.2. The quantitative estimate of drug-likeness (QED) is 0.504. The Morgan fingerprint density at radius 2 is 1.91 bits per heavy atom. The summed E-state index contributed by atoms with van der Waals surface area (Å²) in [5.74, 6) is 2.13. The topological polar surface area (TPSA) is 77.8 Å². The maximum atomic E-state index is 5.63. The van der Waals surface area contributed by atoms with Crippen LogP contribution in [0.25, 0.3) is 22.2 Å². The lowest BCUT2D eigenvalue weighted by molar-refractivity contribution is 0.425. The van der Waals surface area contributed by atoms with Crippen LogP contribution in [0.1, 0.15) is 5.82 Å². The molecule has 0 radical (unpaired) electrons. The molecule has 3 aromatic heterocycles. The number of nitrogens with zero attached hydrogens (tertiary/aromatic N) is 4. The van der Waals surface area contributed by atoms with Crippen molar-refractivity contribution in [1.82, 2.24) is 20.3 Å². The molecule has 4 aromatic rings. The first-order valence-electron chi connectivity index (χ1n) is 6.77. The Balaban J connectivity index is 1.43. The van der Waals surface area contributed by atoms with Gasteiger partial charge in [0.05, 0.1) is 10.6 Å². The van der Waals surface area contributed by atoms with Crippen molar-refractivity contribution in [2.45, 2.75) is 11.0 Å². The first-order valence-corrected chi connectivity index (χ1v) is 8.63. The fraction of sp³-hybridized carbons (Fsp3) is 0.0667. The van der Waals surface area contributed by atoms with Gasteiger partial charge in [0, 0.05) is 5.56 Å². The van der Waals surface area contributed by atoms with E-state index < -0.39 is 0 Å². The van der Waals surface area contributed by atoms with Gasteiger partial charge in [-0.25, -0.2) is 0 Å². The molecule has 1 aromatic carbocycles. The van der Waals surface area contributed by atoms with Crippen molar-refractivity contribution >= 4 is 23.1 Å². The molecule has 114 valence electrons. The second-order valence-corrected chi connectivity index (χ2v) is 6.40. The van der Waals surface area contributed by atoms with Gasteiger partial charge in [-0.2, -0.15) is 4.98 Å². The largest absolute Gasteiger partial charge is 0.411 e. The summed E-state index contributed by atoms with van der Waals surface area (Å²) in [4.78, 5) is 5.31. The van der Waals surface area contributed by atoms with Crippen molar-refractivity contribution in [1.29, 1.82) is 0 Å². The summed E-state index contributed by atoms with van der Waals surface area (Å²) in [6, 6.07) is 13.5. The van der Waals surface area contributed by atoms with Gasteiger partial charge in [0.15, 0.2) is 5.82 Å². The van der Waals surface area contributed by atoms with Crippen molar-refractivity contribution in [2.24, 2.45) is 0 Å². The standard InChI is InChI=1S/C15H10N4O2S2/c1-2-5-10(6-3-1)13-17-18-15(20-13)23-9-12-16-14(21-19-12)11-7-4-8-22-11/h1-8H,9H2. The second-order valence-electron chi connectivity index (χ2n) is 4.52. The van der Waals surface area contributed by atoms with E-state index in [1.807, 2.05) is 47.8 Å². The van der Waals surface area contributed by atoms with Crippen LogP contribution in [0.2, 0.25) is 0 Å². The summed E-state index contributed by atoms with van der Waals surface area (Å²) < 4.78 is 10.9. The molecule has 0 saturated heterocycles. The summed E-state index contributed by atoms with van der Waals surface area (Å²) in [7, 11) is 0. The highest BCUT2D eigenvalue weighted by Gasteiger charge is 2.13. The minimum Gasteiger partial charge on any atom is -0.411 e. The van der Waals surface area contributed by atoms with Gasteiger partial charge in [0.2, 0.25) is 5.89 Å². The van der Waals surface area contributed by atoms with Gasteiger partial charge < -0.3 is 8.94 Å². The summed E-state index contributed by atoms with van der Waals surface area (Å²) in [6.45, 7) is 0. The molecule has 8 heteroatoms. The fourth-order valence-corrected chi connectivity index (χ4v) is 3.16. The zero-order valence-electron chi connectivity index (χ0n) is 11.7. The summed E-state index contributed by atoms with van der Waals surface area (Å²) >= 11 is 2.94. The van der Waals surface area contributed by atoms with Crippen LogP contribution in [0.5, 0.6) is 0 Å². The number of hydrogen-bond acceptors (Lipinski definition) is 8. The van der Waals surface area contributed by atoms with Gasteiger partial charge in [-0.05, 0) is 23.6 Å². The molecule has 0 aliphatic rings. The molecule has 0 bridgehead atoms. The highest BCUT2D eigenvalue weighted by atomic mass is 32.2. The average Bonchev–Trinajstić information content (AvgIpc) is 3.33. The molecule has 0 atom stereocenters. The van der Waals surface area contributed by atoms with Crippen LogP contribution in [-0.4, -0.2) is 20.3 Å². The predicted molar refractivity (Wildman–Crippen MR) is 86.9 cm³/mol. The molecule has 0 spiro atoms. The molecular formula is C15H10N4O2S2. The van der Waals surface area contributed by atoms with E-state index in [1.165, 1.54) is 11.8 Å². The Morgan fingerprint density at radius 3 is 2.74 bits per heavy atom. The molecule has 0 amide bonds. The number of thiophene rings is 1. The predicted octanol–water partition coefficient (Wildman–Crippen LogP) is 4.14. The van der Waals surface area contributed by atoms with E-state index in [-0.39, 0.29) is 0 Å². The Bertz CT molecular complexity index is 887. The SMILES string of the molecule is c1ccc(-c2nnc(SCc3noc(-c4cccs4)n3)o2)cc1. The van der Waals surface area contributed by atoms with Crippen LogP contribution in [0.4, 0.5) is 0 Å². The maximum Gasteiger partial charge on any atom is 0.277 e. The fourth-order valence-electron chi connectivity index (χ4n) is 1.90. The average molecular weight is 342 g/mol. The first kappa shape index (κ1) is 14.2. The van der Waals surface area contributed by atoms with Crippen LogP contribution in [0.3, 0.4) is 0 Å². The highest BCUT2D eigenvalue weighted by Crippen LogP contribution is 2.27. The van der Waals surface area contributed by atoms with Gasteiger partial charge in [-0.1, -0.05) is 41.2 Å². The van der Waals surface area contributed by atoms with E-state index in [4.69, 9.17) is 8.94 Å². The van der Waals surface area contributed by atoms with Crippen LogP contribution in [-0.2, 0) is 5.75 Å². The molecule has 4 rings (SSSR count). The van der Waals surface area contributed by atoms with E-state index >= 15 is 0 Å². The minimum atomic E-state index is 0.478. The zero-order valence-corrected chi connectivity index (χ0v) is 13.4. The third-order valence-electron chi connectivity index (χ3n) is 2.95. The summed E-state index contributed by atoms with van der Waals surface area (Å²) in [5.41, 5.74) is 0.895. The normalized spacial score (nSPS) is 11.0. The van der Waals surface area contributed by atoms with Gasteiger partial charge in [0.1, 0.15) is 0 Å². The lowest BCUT2D eigenvalue weighted by Gasteiger charge is -1.92. The van der Waals surface area contributed by atoms with Gasteiger partial charge in [0.25, 0.3) is 11.1 Å². The Labute approximate surface area is 139 Å². The highest BCUT2D eigenvalue weighted by molar-refractivity contribution is 7.98. The Kier molecular flexibility index (Phi) is 3.91. The number of aromatic nitrogens is 4. The van der Waals surface area contributed by atoms with Gasteiger partial charge >= 0.3 is 0 Å². The molecule has 0 aliphatic heterocycles. The maximum absolute atomic E-state index is 5.63. The molecule has 0 unspecified atom stereocenters. The zero-order chi connectivity index (χ0) is 15.5. The van der Waals surface area contributed by atoms with Gasteiger partial charge in [-0.3, -0.25) is 0 Å². The van der Waals surface area contributed by atoms with E-state index in [0.717, 1.165) is 10.4 Å². The molecule has 0 saturated carbocycles. The van der Waals surface area contributed by atoms with Crippen molar-refractivity contribution in [3.63, 3.8) is 0 Å². The van der Waals surface area contributed by atoms with Crippen molar-refractivity contribution in [2.75, 3.05) is 0 Å². The number of benzene rings is 1. The van der Waals surface area contributed by atoms with Crippen molar-refractivity contribution < 1.29 is 8.94 Å². The lowest BCUT2D eigenvalue weighted by Crippen LogP contribution is -1.83. The van der Waals surface area contributed by atoms with Crippen LogP contribution in [0, 0.1) is 0 Å².